The van der Waals surface area contributed by atoms with Crippen molar-refractivity contribution in [2.45, 2.75) is 26.8 Å². The molecule has 0 aliphatic rings. The molecule has 0 aliphatic heterocycles. The first-order chi connectivity index (χ1) is 10.0. The summed E-state index contributed by atoms with van der Waals surface area (Å²) in [6, 6.07) is 5.46. The summed E-state index contributed by atoms with van der Waals surface area (Å²) < 4.78 is 0. The molecule has 1 aromatic carbocycles. The van der Waals surface area contributed by atoms with Crippen LogP contribution in [-0.2, 0) is 11.3 Å². The van der Waals surface area contributed by atoms with Gasteiger partial charge < -0.3 is 10.1 Å². The van der Waals surface area contributed by atoms with Crippen molar-refractivity contribution in [1.29, 1.82) is 0 Å². The lowest BCUT2D eigenvalue weighted by molar-refractivity contribution is -0.138. The van der Waals surface area contributed by atoms with Gasteiger partial charge in [-0.1, -0.05) is 19.1 Å². The van der Waals surface area contributed by atoms with Gasteiger partial charge in [0.2, 0.25) is 0 Å². The number of benzene rings is 1. The number of aryl methyl sites for hydroxylation is 1. The predicted octanol–water partition coefficient (Wildman–Crippen LogP) is 1.53. The zero-order chi connectivity index (χ0) is 15.4. The molecule has 6 heteroatoms. The Balaban J connectivity index is 2.35. The maximum absolute atomic E-state index is 12.1. The van der Waals surface area contributed by atoms with Gasteiger partial charge in [-0.15, -0.1) is 0 Å². The van der Waals surface area contributed by atoms with Gasteiger partial charge in [0.25, 0.3) is 5.56 Å². The van der Waals surface area contributed by atoms with E-state index in [1.165, 1.54) is 0 Å². The van der Waals surface area contributed by atoms with Crippen LogP contribution in [0, 0.1) is 6.92 Å². The van der Waals surface area contributed by atoms with E-state index in [2.05, 4.69) is 9.97 Å². The van der Waals surface area contributed by atoms with Gasteiger partial charge in [0.05, 0.1) is 24.0 Å². The minimum absolute atomic E-state index is 0.0661. The quantitative estimate of drug-likeness (QED) is 0.842. The second-order valence-corrected chi connectivity index (χ2v) is 5.09. The Bertz CT molecular complexity index is 709. The fourth-order valence-electron chi connectivity index (χ4n) is 2.36. The van der Waals surface area contributed by atoms with E-state index in [0.717, 1.165) is 12.0 Å². The molecule has 0 atom stereocenters. The Kier molecular flexibility index (Phi) is 4.70. The van der Waals surface area contributed by atoms with E-state index in [4.69, 9.17) is 5.11 Å². The lowest BCUT2D eigenvalue weighted by Crippen LogP contribution is -2.31. The van der Waals surface area contributed by atoms with E-state index in [9.17, 15) is 9.59 Å². The van der Waals surface area contributed by atoms with Crippen LogP contribution in [0.5, 0.6) is 0 Å². The molecule has 2 N–H and O–H groups in total. The molecule has 0 fully saturated rings. The smallest absolute Gasteiger partial charge is 0.317 e. The largest absolute Gasteiger partial charge is 0.480 e. The summed E-state index contributed by atoms with van der Waals surface area (Å²) in [4.78, 5) is 31.9. The van der Waals surface area contributed by atoms with E-state index in [-0.39, 0.29) is 12.1 Å². The molecule has 0 saturated carbocycles. The number of hydrogen-bond acceptors (Lipinski definition) is 4. The molecule has 1 aromatic heterocycles. The lowest BCUT2D eigenvalue weighted by Gasteiger charge is -2.18. The molecule has 112 valence electrons. The Morgan fingerprint density at radius 1 is 1.43 bits per heavy atom. The molecule has 6 nitrogen and oxygen atoms in total. The minimum atomic E-state index is -0.886. The summed E-state index contributed by atoms with van der Waals surface area (Å²) in [7, 11) is 0. The highest BCUT2D eigenvalue weighted by Gasteiger charge is 2.12. The molecule has 0 aliphatic carbocycles. The van der Waals surface area contributed by atoms with Crippen molar-refractivity contribution in [3.05, 3.63) is 39.9 Å². The summed E-state index contributed by atoms with van der Waals surface area (Å²) in [6.45, 7) is 4.78. The number of hydrogen-bond donors (Lipinski definition) is 2. The number of nitrogens with zero attached hydrogens (tertiary/aromatic N) is 2. The van der Waals surface area contributed by atoms with Crippen molar-refractivity contribution < 1.29 is 9.90 Å². The summed E-state index contributed by atoms with van der Waals surface area (Å²) >= 11 is 0. The Morgan fingerprint density at radius 2 is 2.19 bits per heavy atom. The number of aromatic nitrogens is 2. The van der Waals surface area contributed by atoms with Gasteiger partial charge in [0.15, 0.2) is 0 Å². The van der Waals surface area contributed by atoms with Gasteiger partial charge >= 0.3 is 5.97 Å². The Labute approximate surface area is 122 Å². The average Bonchev–Trinajstić information content (AvgIpc) is 2.39. The first-order valence-electron chi connectivity index (χ1n) is 6.94. The third-order valence-corrected chi connectivity index (χ3v) is 3.26. The van der Waals surface area contributed by atoms with Crippen molar-refractivity contribution in [3.8, 4) is 0 Å². The predicted molar refractivity (Wildman–Crippen MR) is 80.3 cm³/mol. The number of aliphatic carboxylic acids is 1. The molecule has 0 bridgehead atoms. The number of rotatable bonds is 6. The number of para-hydroxylation sites is 1. The second kappa shape index (κ2) is 6.49. The van der Waals surface area contributed by atoms with Crippen LogP contribution in [0.4, 0.5) is 0 Å². The Morgan fingerprint density at radius 3 is 2.86 bits per heavy atom. The van der Waals surface area contributed by atoms with Gasteiger partial charge in [0.1, 0.15) is 5.82 Å². The monoisotopic (exact) mass is 289 g/mol. The first-order valence-corrected chi connectivity index (χ1v) is 6.94. The molecule has 2 aromatic rings. The lowest BCUT2D eigenvalue weighted by atomic mass is 10.1. The van der Waals surface area contributed by atoms with Gasteiger partial charge in [0, 0.05) is 0 Å². The minimum Gasteiger partial charge on any atom is -0.480 e. The highest BCUT2D eigenvalue weighted by atomic mass is 16.4. The van der Waals surface area contributed by atoms with Crippen LogP contribution in [0.3, 0.4) is 0 Å². The third-order valence-electron chi connectivity index (χ3n) is 3.26. The van der Waals surface area contributed by atoms with Crippen LogP contribution in [0.1, 0.15) is 24.7 Å². The molecule has 2 rings (SSSR count). The first kappa shape index (κ1) is 15.2. The molecule has 21 heavy (non-hydrogen) atoms. The average molecular weight is 289 g/mol. The van der Waals surface area contributed by atoms with Gasteiger partial charge in [-0.3, -0.25) is 14.5 Å². The molecular formula is C15H19N3O3. The van der Waals surface area contributed by atoms with Crippen molar-refractivity contribution in [3.63, 3.8) is 0 Å². The number of fused-ring (bicyclic) bond motifs is 1. The molecule has 0 saturated heterocycles. The second-order valence-electron chi connectivity index (χ2n) is 5.09. The standard InChI is InChI=1S/C15H19N3O3/c1-3-7-18(9-13(19)20)8-12-16-14-10(2)5-4-6-11(14)15(21)17-12/h4-6H,3,7-9H2,1-2H3,(H,19,20)(H,16,17,21). The van der Waals surface area contributed by atoms with Crippen molar-refractivity contribution in [2.24, 2.45) is 0 Å². The van der Waals surface area contributed by atoms with Crippen molar-refractivity contribution >= 4 is 16.9 Å². The van der Waals surface area contributed by atoms with Gasteiger partial charge in [-0.05, 0) is 31.5 Å². The van der Waals surface area contributed by atoms with E-state index in [1.807, 2.05) is 26.0 Å². The third kappa shape index (κ3) is 3.66. The zero-order valence-corrected chi connectivity index (χ0v) is 12.2. The van der Waals surface area contributed by atoms with E-state index in [0.29, 0.717) is 29.8 Å². The molecule has 1 heterocycles. The molecule has 0 amide bonds. The highest BCUT2D eigenvalue weighted by Crippen LogP contribution is 2.12. The number of carboxylic acid groups (broad SMARTS) is 1. The van der Waals surface area contributed by atoms with Crippen LogP contribution in [0.25, 0.3) is 10.9 Å². The van der Waals surface area contributed by atoms with Gasteiger partial charge in [-0.2, -0.15) is 0 Å². The maximum Gasteiger partial charge on any atom is 0.317 e. The number of aromatic amines is 1. The molecular weight excluding hydrogens is 270 g/mol. The fourth-order valence-corrected chi connectivity index (χ4v) is 2.36. The number of nitrogens with one attached hydrogen (secondary N) is 1. The van der Waals surface area contributed by atoms with Crippen molar-refractivity contribution in [1.82, 2.24) is 14.9 Å². The summed E-state index contributed by atoms with van der Waals surface area (Å²) in [5.74, 6) is -0.390. The highest BCUT2D eigenvalue weighted by molar-refractivity contribution is 5.80. The molecule has 0 radical (unpaired) electrons. The van der Waals surface area contributed by atoms with Crippen LogP contribution in [-0.4, -0.2) is 39.0 Å². The SMILES string of the molecule is CCCN(CC(=O)O)Cc1nc2c(C)cccc2c(=O)[nH]1. The van der Waals surface area contributed by atoms with E-state index >= 15 is 0 Å². The number of carbonyl (C=O) groups is 1. The zero-order valence-electron chi connectivity index (χ0n) is 12.2. The van der Waals surface area contributed by atoms with Crippen molar-refractivity contribution in [2.75, 3.05) is 13.1 Å². The van der Waals surface area contributed by atoms with Crippen LogP contribution < -0.4 is 5.56 Å². The summed E-state index contributed by atoms with van der Waals surface area (Å²) in [5.41, 5.74) is 1.41. The normalized spacial score (nSPS) is 11.2. The summed E-state index contributed by atoms with van der Waals surface area (Å²) in [6.07, 6.45) is 0.837. The number of carboxylic acids is 1. The van der Waals surface area contributed by atoms with Crippen LogP contribution >= 0.6 is 0 Å². The Hall–Kier alpha value is -2.21. The topological polar surface area (TPSA) is 86.3 Å². The molecule has 0 spiro atoms. The molecule has 0 unspecified atom stereocenters. The summed E-state index contributed by atoms with van der Waals surface area (Å²) in [5, 5.41) is 9.48. The fraction of sp³-hybridized carbons (Fsp3) is 0.400. The van der Waals surface area contributed by atoms with Gasteiger partial charge in [-0.25, -0.2) is 4.98 Å². The van der Waals surface area contributed by atoms with E-state index in [1.54, 1.807) is 11.0 Å². The van der Waals surface area contributed by atoms with Crippen LogP contribution in [0.15, 0.2) is 23.0 Å². The number of H-pyrrole nitrogens is 1. The van der Waals surface area contributed by atoms with E-state index < -0.39 is 5.97 Å². The van der Waals surface area contributed by atoms with Crippen LogP contribution in [0.2, 0.25) is 0 Å². The maximum atomic E-state index is 12.1.